The fourth-order valence-electron chi connectivity index (χ4n) is 4.33. The summed E-state index contributed by atoms with van der Waals surface area (Å²) in [7, 11) is 1.70. The van der Waals surface area contributed by atoms with Crippen LogP contribution in [0.4, 0.5) is 0 Å². The summed E-state index contributed by atoms with van der Waals surface area (Å²) >= 11 is 0. The smallest absolute Gasteiger partial charge is 0.330 e. The molecule has 5 atom stereocenters. The second-order valence-electron chi connectivity index (χ2n) is 7.77. The van der Waals surface area contributed by atoms with Crippen LogP contribution in [0.3, 0.4) is 0 Å². The molecule has 5 nitrogen and oxygen atoms in total. The maximum atomic E-state index is 11.9. The number of ether oxygens (including phenoxy) is 4. The Morgan fingerprint density at radius 2 is 2.12 bits per heavy atom. The van der Waals surface area contributed by atoms with Crippen molar-refractivity contribution in [1.29, 1.82) is 0 Å². The average Bonchev–Trinajstić information content (AvgIpc) is 3.45. The number of rotatable bonds is 6. The van der Waals surface area contributed by atoms with Crippen molar-refractivity contribution < 1.29 is 23.7 Å². The van der Waals surface area contributed by atoms with Gasteiger partial charge in [-0.3, -0.25) is 0 Å². The Bertz CT molecular complexity index is 585. The van der Waals surface area contributed by atoms with Crippen LogP contribution in [0.2, 0.25) is 0 Å². The van der Waals surface area contributed by atoms with Crippen LogP contribution in [0.1, 0.15) is 47.0 Å². The van der Waals surface area contributed by atoms with Crippen LogP contribution < -0.4 is 0 Å². The first-order valence-corrected chi connectivity index (χ1v) is 9.21. The molecule has 5 heteroatoms. The maximum Gasteiger partial charge on any atom is 0.330 e. The lowest BCUT2D eigenvalue weighted by Crippen LogP contribution is -2.50. The molecular weight excluding hydrogens is 320 g/mol. The van der Waals surface area contributed by atoms with E-state index in [0.717, 1.165) is 31.4 Å². The summed E-state index contributed by atoms with van der Waals surface area (Å²) in [6.07, 6.45) is 6.42. The molecule has 2 heterocycles. The van der Waals surface area contributed by atoms with Crippen LogP contribution in [-0.4, -0.2) is 49.7 Å². The minimum atomic E-state index is -0.297. The van der Waals surface area contributed by atoms with E-state index in [1.165, 1.54) is 5.57 Å². The summed E-state index contributed by atoms with van der Waals surface area (Å²) in [6.45, 7) is 9.30. The van der Waals surface area contributed by atoms with Gasteiger partial charge in [0.2, 0.25) is 0 Å². The summed E-state index contributed by atoms with van der Waals surface area (Å²) in [5.74, 6) is -0.205. The lowest BCUT2D eigenvalue weighted by atomic mass is 9.67. The third kappa shape index (κ3) is 3.55. The molecule has 3 fully saturated rings. The largest absolute Gasteiger partial charge is 0.463 e. The Kier molecular flexibility index (Phi) is 5.11. The summed E-state index contributed by atoms with van der Waals surface area (Å²) in [5.41, 5.74) is 1.84. The van der Waals surface area contributed by atoms with Gasteiger partial charge < -0.3 is 18.9 Å². The van der Waals surface area contributed by atoms with E-state index in [4.69, 9.17) is 18.9 Å². The van der Waals surface area contributed by atoms with Gasteiger partial charge in [0.25, 0.3) is 0 Å². The highest BCUT2D eigenvalue weighted by molar-refractivity contribution is 5.83. The monoisotopic (exact) mass is 350 g/mol. The molecule has 3 rings (SSSR count). The molecule has 0 aromatic heterocycles. The van der Waals surface area contributed by atoms with Gasteiger partial charge in [-0.05, 0) is 52.5 Å². The predicted octanol–water partition coefficient (Wildman–Crippen LogP) is 3.18. The van der Waals surface area contributed by atoms with Gasteiger partial charge in [0.05, 0.1) is 31.3 Å². The molecule has 0 amide bonds. The van der Waals surface area contributed by atoms with Crippen molar-refractivity contribution in [3.63, 3.8) is 0 Å². The van der Waals surface area contributed by atoms with Crippen molar-refractivity contribution in [2.75, 3.05) is 20.3 Å². The molecule has 0 bridgehead atoms. The van der Waals surface area contributed by atoms with E-state index in [9.17, 15) is 4.79 Å². The number of hydrogen-bond acceptors (Lipinski definition) is 5. The highest BCUT2D eigenvalue weighted by atomic mass is 16.6. The molecule has 1 spiro atoms. The Labute approximate surface area is 150 Å². The minimum absolute atomic E-state index is 0.0926. The van der Waals surface area contributed by atoms with Gasteiger partial charge in [0, 0.05) is 13.2 Å². The first-order chi connectivity index (χ1) is 11.9. The van der Waals surface area contributed by atoms with Gasteiger partial charge in [0.1, 0.15) is 11.2 Å². The molecule has 2 saturated heterocycles. The quantitative estimate of drug-likeness (QED) is 0.319. The van der Waals surface area contributed by atoms with Crippen LogP contribution in [0.25, 0.3) is 0 Å². The van der Waals surface area contributed by atoms with Crippen LogP contribution in [0.5, 0.6) is 0 Å². The Balaban J connectivity index is 1.82. The molecule has 2 aliphatic heterocycles. The highest BCUT2D eigenvalue weighted by Crippen LogP contribution is 2.60. The van der Waals surface area contributed by atoms with E-state index < -0.39 is 0 Å². The Morgan fingerprint density at radius 1 is 1.40 bits per heavy atom. The van der Waals surface area contributed by atoms with Crippen molar-refractivity contribution in [2.24, 2.45) is 5.92 Å². The third-order valence-electron chi connectivity index (χ3n) is 5.77. The SMILES string of the molecule is CCOC(=O)C=C1CC[C@]2(CO2)C(C2(C)O[C@@H]2CC=C(C)C)[C@@H]1OC. The molecule has 3 aliphatic rings. The number of carbonyl (C=O) groups excluding carboxylic acids is 1. The Morgan fingerprint density at radius 3 is 2.68 bits per heavy atom. The second-order valence-corrected chi connectivity index (χ2v) is 7.77. The molecule has 1 aliphatic carbocycles. The number of esters is 1. The van der Waals surface area contributed by atoms with Crippen LogP contribution in [0.15, 0.2) is 23.3 Å². The third-order valence-corrected chi connectivity index (χ3v) is 5.77. The van der Waals surface area contributed by atoms with E-state index >= 15 is 0 Å². The maximum absolute atomic E-state index is 11.9. The molecule has 25 heavy (non-hydrogen) atoms. The summed E-state index contributed by atoms with van der Waals surface area (Å²) < 4.78 is 23.0. The minimum Gasteiger partial charge on any atom is -0.463 e. The van der Waals surface area contributed by atoms with Gasteiger partial charge >= 0.3 is 5.97 Å². The lowest BCUT2D eigenvalue weighted by molar-refractivity contribution is -0.137. The Hall–Kier alpha value is -1.17. The van der Waals surface area contributed by atoms with E-state index in [1.54, 1.807) is 13.2 Å². The summed E-state index contributed by atoms with van der Waals surface area (Å²) in [4.78, 5) is 11.9. The normalized spacial score (nSPS) is 40.8. The molecule has 2 unspecified atom stereocenters. The highest BCUT2D eigenvalue weighted by Gasteiger charge is 2.71. The number of epoxide rings is 2. The zero-order valence-electron chi connectivity index (χ0n) is 16.0. The zero-order valence-corrected chi connectivity index (χ0v) is 16.0. The molecule has 0 aromatic carbocycles. The molecule has 0 radical (unpaired) electrons. The number of hydrogen-bond donors (Lipinski definition) is 0. The van der Waals surface area contributed by atoms with Crippen molar-refractivity contribution >= 4 is 5.97 Å². The summed E-state index contributed by atoms with van der Waals surface area (Å²) in [5, 5.41) is 0. The van der Waals surface area contributed by atoms with Crippen LogP contribution in [-0.2, 0) is 23.7 Å². The second kappa shape index (κ2) is 6.86. The standard InChI is InChI=1S/C20H30O5/c1-6-23-16(21)11-14-9-10-20(12-24-20)18(17(14)22-5)19(4)15(25-19)8-7-13(2)3/h7,11,15,17-18H,6,8-10,12H2,1-5H3/t15-,17-,18?,19?,20+/m1/s1. The van der Waals surface area contributed by atoms with E-state index in [0.29, 0.717) is 6.61 Å². The predicted molar refractivity (Wildman–Crippen MR) is 94.2 cm³/mol. The van der Waals surface area contributed by atoms with Gasteiger partial charge in [0.15, 0.2) is 0 Å². The van der Waals surface area contributed by atoms with Gasteiger partial charge in [-0.2, -0.15) is 0 Å². The summed E-state index contributed by atoms with van der Waals surface area (Å²) in [6, 6.07) is 0. The fraction of sp³-hybridized carbons (Fsp3) is 0.750. The van der Waals surface area contributed by atoms with Gasteiger partial charge in [-0.15, -0.1) is 0 Å². The molecule has 0 aromatic rings. The van der Waals surface area contributed by atoms with E-state index in [-0.39, 0.29) is 35.3 Å². The van der Waals surface area contributed by atoms with Crippen molar-refractivity contribution in [2.45, 2.75) is 70.4 Å². The van der Waals surface area contributed by atoms with Crippen molar-refractivity contribution in [3.05, 3.63) is 23.3 Å². The van der Waals surface area contributed by atoms with Crippen LogP contribution >= 0.6 is 0 Å². The number of carbonyl (C=O) groups is 1. The van der Waals surface area contributed by atoms with E-state index in [2.05, 4.69) is 26.8 Å². The molecule has 0 N–H and O–H groups in total. The number of allylic oxidation sites excluding steroid dienone is 1. The topological polar surface area (TPSA) is 60.6 Å². The van der Waals surface area contributed by atoms with E-state index in [1.807, 2.05) is 6.92 Å². The van der Waals surface area contributed by atoms with Gasteiger partial charge in [-0.1, -0.05) is 11.6 Å². The lowest BCUT2D eigenvalue weighted by Gasteiger charge is -2.40. The van der Waals surface area contributed by atoms with Crippen molar-refractivity contribution in [3.8, 4) is 0 Å². The fourth-order valence-corrected chi connectivity index (χ4v) is 4.33. The molecule has 1 saturated carbocycles. The molecule has 140 valence electrons. The van der Waals surface area contributed by atoms with Gasteiger partial charge in [-0.25, -0.2) is 4.79 Å². The van der Waals surface area contributed by atoms with Crippen LogP contribution in [0, 0.1) is 5.92 Å². The zero-order chi connectivity index (χ0) is 18.2. The van der Waals surface area contributed by atoms with Crippen molar-refractivity contribution in [1.82, 2.24) is 0 Å². The molecular formula is C20H30O5. The average molecular weight is 350 g/mol. The number of methoxy groups -OCH3 is 1. The first-order valence-electron chi connectivity index (χ1n) is 9.21. The first kappa shape index (κ1) is 18.6.